The quantitative estimate of drug-likeness (QED) is 0.337. The first kappa shape index (κ1) is 20.8. The first-order chi connectivity index (χ1) is 8.71. The van der Waals surface area contributed by atoms with Crippen LogP contribution >= 0.6 is 0 Å². The van der Waals surface area contributed by atoms with E-state index in [1.54, 1.807) is 0 Å². The second-order valence-corrected chi connectivity index (χ2v) is 6.48. The van der Waals surface area contributed by atoms with Crippen LogP contribution in [0.25, 0.3) is 0 Å². The van der Waals surface area contributed by atoms with Gasteiger partial charge in [-0.05, 0) is 0 Å². The van der Waals surface area contributed by atoms with E-state index in [1.807, 2.05) is 0 Å². The van der Waals surface area contributed by atoms with Crippen LogP contribution in [0.3, 0.4) is 0 Å². The van der Waals surface area contributed by atoms with Gasteiger partial charge in [-0.1, -0.05) is 0 Å². The first-order valence-electron chi connectivity index (χ1n) is 4.02. The fourth-order valence-corrected chi connectivity index (χ4v) is 2.45. The molecule has 0 saturated carbocycles. The van der Waals surface area contributed by atoms with E-state index in [0.717, 1.165) is 0 Å². The van der Waals surface area contributed by atoms with Crippen molar-refractivity contribution in [1.82, 2.24) is 0 Å². The Morgan fingerprint density at radius 1 is 0.381 bits per heavy atom. The molecule has 0 rings (SSSR count). The van der Waals surface area contributed by atoms with Gasteiger partial charge in [-0.3, -0.25) is 0 Å². The van der Waals surface area contributed by atoms with Crippen molar-refractivity contribution in [3.8, 4) is 0 Å². The summed E-state index contributed by atoms with van der Waals surface area (Å²) >= 11 is -5.48. The first-order valence-corrected chi connectivity index (χ1v) is 6.18. The molecule has 0 aliphatic heterocycles. The summed E-state index contributed by atoms with van der Waals surface area (Å²) in [5.41, 5.74) is 0. The number of halogens is 15. The van der Waals surface area contributed by atoms with Crippen LogP contribution < -0.4 is 21.2 Å². The van der Waals surface area contributed by atoms with Crippen LogP contribution in [0.1, 0.15) is 0 Å². The third kappa shape index (κ3) is 3.57. The Balaban J connectivity index is 5.71. The third-order valence-corrected chi connectivity index (χ3v) is 4.31. The molecule has 0 aromatic carbocycles. The molecule has 0 fully saturated rings. The van der Waals surface area contributed by atoms with E-state index < -0.39 is 53.3 Å². The molecule has 0 spiro atoms. The molecule has 0 aliphatic carbocycles. The fourth-order valence-electron chi connectivity index (χ4n) is 0.618. The van der Waals surface area contributed by atoms with Crippen molar-refractivity contribution in [3.63, 3.8) is 0 Å². The summed E-state index contributed by atoms with van der Waals surface area (Å²) in [6, 6.07) is 0. The van der Waals surface area contributed by atoms with E-state index in [4.69, 9.17) is 0 Å². The second kappa shape index (κ2) is 5.14. The van der Waals surface area contributed by atoms with Crippen LogP contribution in [0.2, 0.25) is 0 Å². The van der Waals surface area contributed by atoms with Crippen LogP contribution in [-0.2, 0) is 0 Å². The molecule has 0 aliphatic rings. The van der Waals surface area contributed by atoms with Gasteiger partial charge in [-0.15, -0.1) is 0 Å². The van der Waals surface area contributed by atoms with E-state index in [-0.39, 0.29) is 0 Å². The van der Waals surface area contributed by atoms with Gasteiger partial charge in [0.05, 0.1) is 0 Å². The van der Waals surface area contributed by atoms with E-state index in [1.165, 1.54) is 0 Å². The van der Waals surface area contributed by atoms with Gasteiger partial charge in [0.25, 0.3) is 0 Å². The number of hydrogen-bond donors (Lipinski definition) is 0. The standard InChI is InChI=1S/C6F14I/c7-1(8,3(11,12)13)2(9,10)5(17,18)21-6(19,20)4(14,15)16/q-1. The van der Waals surface area contributed by atoms with E-state index >= 15 is 0 Å². The van der Waals surface area contributed by atoms with Gasteiger partial charge in [0, 0.05) is 0 Å². The normalized spacial score (nSPS) is 16.5. The maximum absolute atomic E-state index is 12.6. The summed E-state index contributed by atoms with van der Waals surface area (Å²) in [6.45, 7) is 0. The predicted molar refractivity (Wildman–Crippen MR) is 31.9 cm³/mol. The zero-order valence-corrected chi connectivity index (χ0v) is 10.8. The summed E-state index contributed by atoms with van der Waals surface area (Å²) < 4.78 is 155. The molecule has 0 radical (unpaired) electrons. The fraction of sp³-hybridized carbons (Fsp3) is 1.00. The molecule has 0 nitrogen and oxygen atoms in total. The zero-order valence-electron chi connectivity index (χ0n) is 8.67. The number of hydrogen-bond acceptors (Lipinski definition) is 0. The minimum absolute atomic E-state index is 5.48. The average Bonchev–Trinajstić information content (AvgIpc) is 2.11. The van der Waals surface area contributed by atoms with Gasteiger partial charge >= 0.3 is 115 Å². The van der Waals surface area contributed by atoms with Gasteiger partial charge in [0.1, 0.15) is 0 Å². The monoisotopic (exact) mass is 465 g/mol. The Morgan fingerprint density at radius 2 is 0.714 bits per heavy atom. The Hall–Kier alpha value is -0.250. The zero-order chi connectivity index (χ0) is 17.7. The summed E-state index contributed by atoms with van der Waals surface area (Å²) in [5.74, 6) is -15.0. The Morgan fingerprint density at radius 3 is 0.952 bits per heavy atom. The Bertz CT molecular complexity index is 374. The van der Waals surface area contributed by atoms with Crippen LogP contribution in [0.5, 0.6) is 0 Å². The molecule has 21 heavy (non-hydrogen) atoms. The van der Waals surface area contributed by atoms with Crippen molar-refractivity contribution in [2.24, 2.45) is 0 Å². The van der Waals surface area contributed by atoms with Crippen LogP contribution in [0.4, 0.5) is 61.5 Å². The molecule has 0 heterocycles. The minimum atomic E-state index is -7.50. The van der Waals surface area contributed by atoms with E-state index in [2.05, 4.69) is 0 Å². The summed E-state index contributed by atoms with van der Waals surface area (Å²) in [6.07, 6.45) is -14.1. The molecule has 0 aromatic rings. The summed E-state index contributed by atoms with van der Waals surface area (Å²) in [5, 5.41) is 0. The molecule has 0 atom stereocenters. The molecule has 0 amide bonds. The molecule has 0 aromatic heterocycles. The molecule has 0 bridgehead atoms. The Labute approximate surface area is 115 Å². The van der Waals surface area contributed by atoms with Crippen molar-refractivity contribution in [2.45, 2.75) is 32.1 Å². The van der Waals surface area contributed by atoms with Crippen LogP contribution in [-0.4, -0.2) is 32.1 Å². The van der Waals surface area contributed by atoms with Gasteiger partial charge in [-0.25, -0.2) is 0 Å². The SMILES string of the molecule is FC(F)(F)C(F)(F)[I-]C(F)(F)C(F)(F)C(F)(F)C(F)(F)F. The van der Waals surface area contributed by atoms with E-state index in [9.17, 15) is 61.5 Å². The second-order valence-electron chi connectivity index (χ2n) is 3.23. The molecule has 0 unspecified atom stereocenters. The van der Waals surface area contributed by atoms with Crippen molar-refractivity contribution < 1.29 is 82.7 Å². The molecule has 130 valence electrons. The number of alkyl halides is 16. The topological polar surface area (TPSA) is 0 Å². The maximum atomic E-state index is 12.6. The molecular formula is C6F14I-. The van der Waals surface area contributed by atoms with Gasteiger partial charge in [-0.2, -0.15) is 0 Å². The van der Waals surface area contributed by atoms with Crippen molar-refractivity contribution in [1.29, 1.82) is 0 Å². The average molecular weight is 465 g/mol. The van der Waals surface area contributed by atoms with E-state index in [0.29, 0.717) is 0 Å². The third-order valence-electron chi connectivity index (χ3n) is 1.67. The molecular weight excluding hydrogens is 465 g/mol. The van der Waals surface area contributed by atoms with Crippen molar-refractivity contribution in [2.75, 3.05) is 0 Å². The van der Waals surface area contributed by atoms with Gasteiger partial charge < -0.3 is 0 Å². The molecule has 0 N–H and O–H groups in total. The van der Waals surface area contributed by atoms with Gasteiger partial charge in [0.2, 0.25) is 0 Å². The van der Waals surface area contributed by atoms with Crippen LogP contribution in [0, 0.1) is 0 Å². The molecule has 0 saturated heterocycles. The van der Waals surface area contributed by atoms with Crippen LogP contribution in [0.15, 0.2) is 0 Å². The number of rotatable bonds is 4. The van der Waals surface area contributed by atoms with Gasteiger partial charge in [0.15, 0.2) is 0 Å². The Kier molecular flexibility index (Phi) is 5.08. The summed E-state index contributed by atoms with van der Waals surface area (Å²) in [4.78, 5) is 0. The van der Waals surface area contributed by atoms with Crippen molar-refractivity contribution >= 4 is 0 Å². The summed E-state index contributed by atoms with van der Waals surface area (Å²) in [7, 11) is 0. The van der Waals surface area contributed by atoms with Crippen molar-refractivity contribution in [3.05, 3.63) is 0 Å². The predicted octanol–water partition coefficient (Wildman–Crippen LogP) is 1.66. The molecule has 15 heteroatoms.